The van der Waals surface area contributed by atoms with E-state index in [0.717, 1.165) is 44.0 Å². The molecule has 0 spiro atoms. The molecule has 0 saturated carbocycles. The Labute approximate surface area is 211 Å². The molecule has 1 aromatic carbocycles. The molecule has 2 unspecified atom stereocenters. The van der Waals surface area contributed by atoms with E-state index in [0.29, 0.717) is 6.54 Å². The first kappa shape index (κ1) is 23.9. The molecule has 2 saturated heterocycles. The van der Waals surface area contributed by atoms with E-state index in [1.165, 1.54) is 11.1 Å². The Kier molecular flexibility index (Phi) is 8.05. The van der Waals surface area contributed by atoms with E-state index in [1.807, 2.05) is 24.7 Å². The number of benzene rings is 1. The van der Waals surface area contributed by atoms with Crippen LogP contribution in [-0.4, -0.2) is 76.7 Å². The summed E-state index contributed by atoms with van der Waals surface area (Å²) in [6, 6.07) is 19.0. The van der Waals surface area contributed by atoms with Gasteiger partial charge in [-0.15, -0.1) is 11.8 Å². The van der Waals surface area contributed by atoms with Crippen LogP contribution in [0.25, 0.3) is 0 Å². The van der Waals surface area contributed by atoms with Crippen LogP contribution in [0.15, 0.2) is 79.4 Å². The number of aromatic nitrogens is 2. The lowest BCUT2D eigenvalue weighted by molar-refractivity contribution is -0.122. The van der Waals surface area contributed by atoms with Gasteiger partial charge in [0.1, 0.15) is 0 Å². The van der Waals surface area contributed by atoms with Crippen LogP contribution in [0.5, 0.6) is 0 Å². The summed E-state index contributed by atoms with van der Waals surface area (Å²) in [6.45, 7) is 5.51. The maximum absolute atomic E-state index is 12.7. The predicted octanol–water partition coefficient (Wildman–Crippen LogP) is 2.70. The fourth-order valence-corrected chi connectivity index (χ4v) is 6.07. The van der Waals surface area contributed by atoms with Crippen molar-refractivity contribution in [3.8, 4) is 0 Å². The van der Waals surface area contributed by atoms with E-state index in [1.54, 1.807) is 18.0 Å². The number of thioether (sulfide) groups is 1. The lowest BCUT2D eigenvalue weighted by Gasteiger charge is -2.39. The summed E-state index contributed by atoms with van der Waals surface area (Å²) in [6.07, 6.45) is 7.39. The maximum atomic E-state index is 12.7. The van der Waals surface area contributed by atoms with E-state index in [4.69, 9.17) is 0 Å². The van der Waals surface area contributed by atoms with Gasteiger partial charge in [0.15, 0.2) is 0 Å². The lowest BCUT2D eigenvalue weighted by atomic mass is 9.97. The van der Waals surface area contributed by atoms with Crippen molar-refractivity contribution in [2.45, 2.75) is 17.5 Å². The Morgan fingerprint density at radius 2 is 1.74 bits per heavy atom. The van der Waals surface area contributed by atoms with Gasteiger partial charge in [0.05, 0.1) is 17.5 Å². The second-order valence-electron chi connectivity index (χ2n) is 8.98. The average molecular weight is 489 g/mol. The Bertz CT molecular complexity index is 1020. The normalized spacial score (nSPS) is 22.1. The highest BCUT2D eigenvalue weighted by Crippen LogP contribution is 2.32. The number of piperazine rings is 1. The number of hydrogen-bond acceptors (Lipinski definition) is 7. The number of nitrogens with one attached hydrogen (secondary N) is 2. The summed E-state index contributed by atoms with van der Waals surface area (Å²) >= 11 is 1.76. The third-order valence-corrected chi connectivity index (χ3v) is 7.99. The minimum Gasteiger partial charge on any atom is -0.353 e. The predicted molar refractivity (Wildman–Crippen MR) is 140 cm³/mol. The zero-order valence-electron chi connectivity index (χ0n) is 19.8. The lowest BCUT2D eigenvalue weighted by Crippen LogP contribution is -2.50. The van der Waals surface area contributed by atoms with Gasteiger partial charge in [-0.3, -0.25) is 29.9 Å². The summed E-state index contributed by atoms with van der Waals surface area (Å²) in [5, 5.41) is 6.70. The molecule has 3 atom stereocenters. The summed E-state index contributed by atoms with van der Waals surface area (Å²) in [5.74, 6) is 0.865. The Morgan fingerprint density at radius 3 is 2.49 bits per heavy atom. The van der Waals surface area contributed by atoms with E-state index < -0.39 is 0 Å². The van der Waals surface area contributed by atoms with E-state index in [-0.39, 0.29) is 23.4 Å². The van der Waals surface area contributed by atoms with Crippen LogP contribution in [0.4, 0.5) is 0 Å². The summed E-state index contributed by atoms with van der Waals surface area (Å²) in [4.78, 5) is 26.1. The molecule has 2 aliphatic rings. The number of pyridine rings is 2. The van der Waals surface area contributed by atoms with Gasteiger partial charge in [-0.2, -0.15) is 0 Å². The van der Waals surface area contributed by atoms with Crippen molar-refractivity contribution in [1.29, 1.82) is 0 Å². The molecule has 4 heterocycles. The molecule has 0 radical (unpaired) electrons. The smallest absolute Gasteiger partial charge is 0.238 e. The Balaban J connectivity index is 1.09. The highest BCUT2D eigenvalue weighted by molar-refractivity contribution is 7.99. The number of carbonyl (C=O) groups is 1. The van der Waals surface area contributed by atoms with Gasteiger partial charge in [0.25, 0.3) is 0 Å². The van der Waals surface area contributed by atoms with E-state index in [2.05, 4.69) is 78.9 Å². The summed E-state index contributed by atoms with van der Waals surface area (Å²) < 4.78 is 0. The van der Waals surface area contributed by atoms with E-state index in [9.17, 15) is 4.79 Å². The first-order valence-corrected chi connectivity index (χ1v) is 13.3. The quantitative estimate of drug-likeness (QED) is 0.505. The minimum atomic E-state index is -0.158. The molecule has 8 heteroatoms. The van der Waals surface area contributed by atoms with Crippen molar-refractivity contribution in [1.82, 2.24) is 30.4 Å². The molecule has 35 heavy (non-hydrogen) atoms. The van der Waals surface area contributed by atoms with Gasteiger partial charge in [0, 0.05) is 69.8 Å². The largest absolute Gasteiger partial charge is 0.353 e. The second kappa shape index (κ2) is 11.8. The van der Waals surface area contributed by atoms with Crippen LogP contribution in [0.2, 0.25) is 0 Å². The molecule has 2 aliphatic heterocycles. The van der Waals surface area contributed by atoms with E-state index >= 15 is 0 Å². The fourth-order valence-electron chi connectivity index (χ4n) is 4.85. The van der Waals surface area contributed by atoms with Crippen molar-refractivity contribution < 1.29 is 4.79 Å². The van der Waals surface area contributed by atoms with Crippen LogP contribution in [-0.2, 0) is 4.79 Å². The summed E-state index contributed by atoms with van der Waals surface area (Å²) in [7, 11) is 0. The van der Waals surface area contributed by atoms with Crippen LogP contribution in [0, 0.1) is 0 Å². The van der Waals surface area contributed by atoms with Crippen molar-refractivity contribution in [2.75, 3.05) is 45.0 Å². The molecule has 5 rings (SSSR count). The summed E-state index contributed by atoms with van der Waals surface area (Å²) in [5.41, 5.74) is 3.70. The van der Waals surface area contributed by atoms with Crippen LogP contribution in [0.1, 0.15) is 28.1 Å². The minimum absolute atomic E-state index is 0.0874. The number of carbonyl (C=O) groups excluding carboxylic acids is 1. The number of nitrogens with zero attached hydrogens (tertiary/aromatic N) is 4. The number of amides is 1. The molecule has 0 aliphatic carbocycles. The standard InChI is InChI=1S/C27H32N6OS/c34-26(24-20-35-27(31-24)23-7-4-10-29-19-23)30-13-14-32-15-17-33(18-16-32)25(21-5-2-1-3-6-21)22-8-11-28-12-9-22/h1-12,19,24-25,27,31H,13-18,20H2,(H,30,34)/t24-,25?,27?/m0/s1. The highest BCUT2D eigenvalue weighted by Gasteiger charge is 2.31. The van der Waals surface area contributed by atoms with Gasteiger partial charge < -0.3 is 5.32 Å². The van der Waals surface area contributed by atoms with Gasteiger partial charge >= 0.3 is 0 Å². The number of hydrogen-bond donors (Lipinski definition) is 2. The third-order valence-electron chi connectivity index (χ3n) is 6.72. The van der Waals surface area contributed by atoms with Crippen molar-refractivity contribution in [3.63, 3.8) is 0 Å². The first-order chi connectivity index (χ1) is 17.3. The maximum Gasteiger partial charge on any atom is 0.238 e. The van der Waals surface area contributed by atoms with Gasteiger partial charge in [0.2, 0.25) is 5.91 Å². The van der Waals surface area contributed by atoms with Crippen molar-refractivity contribution in [2.24, 2.45) is 0 Å². The topological polar surface area (TPSA) is 73.4 Å². The Morgan fingerprint density at radius 1 is 0.971 bits per heavy atom. The van der Waals surface area contributed by atoms with Gasteiger partial charge in [-0.1, -0.05) is 36.4 Å². The molecule has 3 aromatic rings. The molecule has 2 aromatic heterocycles. The SMILES string of the molecule is O=C(NCCN1CCN(C(c2ccccc2)c2ccncc2)CC1)[C@@H]1CSC(c2cccnc2)N1. The van der Waals surface area contributed by atoms with Crippen LogP contribution in [0.3, 0.4) is 0 Å². The zero-order valence-corrected chi connectivity index (χ0v) is 20.6. The van der Waals surface area contributed by atoms with Crippen molar-refractivity contribution >= 4 is 17.7 Å². The van der Waals surface area contributed by atoms with Gasteiger partial charge in [-0.05, 0) is 34.9 Å². The van der Waals surface area contributed by atoms with Gasteiger partial charge in [-0.25, -0.2) is 0 Å². The molecule has 2 N–H and O–H groups in total. The van der Waals surface area contributed by atoms with Crippen molar-refractivity contribution in [3.05, 3.63) is 96.1 Å². The first-order valence-electron chi connectivity index (χ1n) is 12.2. The van der Waals surface area contributed by atoms with Crippen LogP contribution >= 0.6 is 11.8 Å². The molecule has 0 bridgehead atoms. The Hall–Kier alpha value is -2.78. The average Bonchev–Trinajstić information content (AvgIpc) is 3.42. The molecule has 182 valence electrons. The van der Waals surface area contributed by atoms with Crippen LogP contribution < -0.4 is 10.6 Å². The fraction of sp³-hybridized carbons (Fsp3) is 0.370. The molecular weight excluding hydrogens is 456 g/mol. The molecular formula is C27H32N6OS. The highest BCUT2D eigenvalue weighted by atomic mass is 32.2. The third kappa shape index (κ3) is 6.08. The molecule has 1 amide bonds. The second-order valence-corrected chi connectivity index (χ2v) is 10.1. The zero-order chi connectivity index (χ0) is 23.9. The monoisotopic (exact) mass is 488 g/mol. The number of rotatable bonds is 8. The molecule has 2 fully saturated rings. The molecule has 7 nitrogen and oxygen atoms in total.